The number of fused-ring (bicyclic) bond motifs is 4. The molecule has 3 aliphatic heterocycles. The molecule has 0 aromatic heterocycles. The quantitative estimate of drug-likeness (QED) is 0.764. The molecule has 5 rings (SSSR count). The van der Waals surface area contributed by atoms with Gasteiger partial charge >= 0.3 is 0 Å². The lowest BCUT2D eigenvalue weighted by molar-refractivity contribution is -0.158. The normalized spacial score (nSPS) is 21.3. The molecule has 0 saturated carbocycles. The third-order valence-corrected chi connectivity index (χ3v) is 6.70. The Balaban J connectivity index is 1.55. The summed E-state index contributed by atoms with van der Waals surface area (Å²) in [5, 5.41) is 17.7. The standard InChI is InChI=1S/C23H24ClN3O4/c1-14(28)26-9-7-23(8-10-26)27-19(17-12-16(24)4-6-21(17)31-23)13-18(25-27)15-3-5-20(29)22(11-15)30-2/h3-6,11-12,19,29H,7-10,13H2,1-2H3/t19-/m1/s1. The van der Waals surface area contributed by atoms with E-state index in [1.807, 2.05) is 29.2 Å². The Morgan fingerprint density at radius 3 is 2.74 bits per heavy atom. The van der Waals surface area contributed by atoms with E-state index in [0.717, 1.165) is 22.6 Å². The van der Waals surface area contributed by atoms with Crippen LogP contribution in [0.5, 0.6) is 17.2 Å². The van der Waals surface area contributed by atoms with Crippen molar-refractivity contribution >= 4 is 23.2 Å². The first-order valence-corrected chi connectivity index (χ1v) is 10.8. The highest BCUT2D eigenvalue weighted by Gasteiger charge is 2.52. The lowest BCUT2D eigenvalue weighted by Crippen LogP contribution is -2.59. The third kappa shape index (κ3) is 3.28. The summed E-state index contributed by atoms with van der Waals surface area (Å²) in [6.07, 6.45) is 2.02. The summed E-state index contributed by atoms with van der Waals surface area (Å²) < 4.78 is 11.8. The number of halogens is 1. The summed E-state index contributed by atoms with van der Waals surface area (Å²) in [5.41, 5.74) is 2.19. The molecule has 1 spiro atoms. The Labute approximate surface area is 185 Å². The van der Waals surface area contributed by atoms with Crippen molar-refractivity contribution < 1.29 is 19.4 Å². The van der Waals surface area contributed by atoms with Gasteiger partial charge in [-0.05, 0) is 36.4 Å². The van der Waals surface area contributed by atoms with Crippen molar-refractivity contribution in [2.24, 2.45) is 5.10 Å². The molecule has 1 amide bonds. The van der Waals surface area contributed by atoms with Crippen molar-refractivity contribution in [3.63, 3.8) is 0 Å². The van der Waals surface area contributed by atoms with Gasteiger partial charge in [0.1, 0.15) is 5.75 Å². The van der Waals surface area contributed by atoms with Crippen LogP contribution in [0, 0.1) is 0 Å². The van der Waals surface area contributed by atoms with Crippen LogP contribution in [-0.4, -0.2) is 52.6 Å². The molecular weight excluding hydrogens is 418 g/mol. The Bertz CT molecular complexity index is 1080. The van der Waals surface area contributed by atoms with E-state index >= 15 is 0 Å². The first-order valence-electron chi connectivity index (χ1n) is 10.4. The molecule has 1 N–H and O–H groups in total. The second-order valence-corrected chi connectivity index (χ2v) is 8.67. The van der Waals surface area contributed by atoms with Crippen LogP contribution in [0.25, 0.3) is 0 Å². The number of piperidine rings is 1. The summed E-state index contributed by atoms with van der Waals surface area (Å²) in [6, 6.07) is 11.0. The number of methoxy groups -OCH3 is 1. The van der Waals surface area contributed by atoms with Crippen LogP contribution in [0.2, 0.25) is 5.02 Å². The fourth-order valence-corrected chi connectivity index (χ4v) is 4.97. The third-order valence-electron chi connectivity index (χ3n) is 6.46. The van der Waals surface area contributed by atoms with Gasteiger partial charge in [0.25, 0.3) is 0 Å². The highest BCUT2D eigenvalue weighted by molar-refractivity contribution is 6.30. The molecule has 31 heavy (non-hydrogen) atoms. The number of hydrazone groups is 1. The van der Waals surface area contributed by atoms with E-state index in [1.54, 1.807) is 19.1 Å². The molecule has 0 bridgehead atoms. The molecule has 0 radical (unpaired) electrons. The number of amides is 1. The molecule has 0 aliphatic carbocycles. The first-order chi connectivity index (χ1) is 14.9. The maximum absolute atomic E-state index is 11.9. The fraction of sp³-hybridized carbons (Fsp3) is 0.391. The molecule has 1 saturated heterocycles. The second kappa shape index (κ2) is 7.34. The predicted molar refractivity (Wildman–Crippen MR) is 117 cm³/mol. The van der Waals surface area contributed by atoms with E-state index in [2.05, 4.69) is 5.01 Å². The van der Waals surface area contributed by atoms with Gasteiger partial charge in [-0.1, -0.05) is 11.6 Å². The lowest BCUT2D eigenvalue weighted by Gasteiger charge is -2.51. The number of ether oxygens (including phenoxy) is 2. The van der Waals surface area contributed by atoms with Gasteiger partial charge in [-0.15, -0.1) is 0 Å². The monoisotopic (exact) mass is 441 g/mol. The SMILES string of the molecule is COc1cc(C2=NN3[C@H](C2)c2cc(Cl)ccc2OC32CCN(C(C)=O)CC2)ccc1O. The number of benzene rings is 2. The largest absolute Gasteiger partial charge is 0.504 e. The lowest BCUT2D eigenvalue weighted by atomic mass is 9.90. The smallest absolute Gasteiger partial charge is 0.219 e. The van der Waals surface area contributed by atoms with Gasteiger partial charge in [0.05, 0.1) is 18.9 Å². The molecule has 3 heterocycles. The minimum atomic E-state index is -0.611. The molecule has 1 atom stereocenters. The van der Waals surface area contributed by atoms with Gasteiger partial charge < -0.3 is 19.5 Å². The van der Waals surface area contributed by atoms with Crippen molar-refractivity contribution in [3.8, 4) is 17.2 Å². The number of nitrogens with zero attached hydrogens (tertiary/aromatic N) is 3. The molecule has 0 unspecified atom stereocenters. The molecule has 8 heteroatoms. The second-order valence-electron chi connectivity index (χ2n) is 8.23. The number of hydrogen-bond acceptors (Lipinski definition) is 6. The average molecular weight is 442 g/mol. The number of carbonyl (C=O) groups excluding carboxylic acids is 1. The fourth-order valence-electron chi connectivity index (χ4n) is 4.79. The average Bonchev–Trinajstić information content (AvgIpc) is 3.22. The highest BCUT2D eigenvalue weighted by atomic mass is 35.5. The zero-order valence-corrected chi connectivity index (χ0v) is 18.2. The van der Waals surface area contributed by atoms with Crippen LogP contribution >= 0.6 is 11.6 Å². The van der Waals surface area contributed by atoms with Gasteiger partial charge in [0.2, 0.25) is 11.6 Å². The Morgan fingerprint density at radius 1 is 1.26 bits per heavy atom. The highest BCUT2D eigenvalue weighted by Crippen LogP contribution is 2.50. The van der Waals surface area contributed by atoms with Gasteiger partial charge in [0.15, 0.2) is 11.5 Å². The zero-order chi connectivity index (χ0) is 21.8. The van der Waals surface area contributed by atoms with Gasteiger partial charge in [-0.25, -0.2) is 5.01 Å². The number of aromatic hydroxyl groups is 1. The molecule has 2 aromatic carbocycles. The number of rotatable bonds is 2. The Kier molecular flexibility index (Phi) is 4.73. The summed E-state index contributed by atoms with van der Waals surface area (Å²) in [5.74, 6) is 1.41. The van der Waals surface area contributed by atoms with Crippen molar-refractivity contribution in [2.75, 3.05) is 20.2 Å². The van der Waals surface area contributed by atoms with Crippen molar-refractivity contribution in [1.82, 2.24) is 9.91 Å². The van der Waals surface area contributed by atoms with Crippen LogP contribution in [0.4, 0.5) is 0 Å². The minimum absolute atomic E-state index is 0.0128. The van der Waals surface area contributed by atoms with Crippen molar-refractivity contribution in [2.45, 2.75) is 38.0 Å². The summed E-state index contributed by atoms with van der Waals surface area (Å²) in [7, 11) is 1.53. The maximum Gasteiger partial charge on any atom is 0.219 e. The molecule has 162 valence electrons. The number of phenolic OH excluding ortho intramolecular Hbond substituents is 1. The molecule has 2 aromatic rings. The zero-order valence-electron chi connectivity index (χ0n) is 17.5. The van der Waals surface area contributed by atoms with Gasteiger partial charge in [-0.3, -0.25) is 4.79 Å². The van der Waals surface area contributed by atoms with E-state index in [0.29, 0.717) is 43.1 Å². The van der Waals surface area contributed by atoms with Gasteiger partial charge in [-0.2, -0.15) is 5.10 Å². The minimum Gasteiger partial charge on any atom is -0.504 e. The van der Waals surface area contributed by atoms with Crippen molar-refractivity contribution in [3.05, 3.63) is 52.5 Å². The first kappa shape index (κ1) is 20.0. The van der Waals surface area contributed by atoms with E-state index in [9.17, 15) is 9.90 Å². The summed E-state index contributed by atoms with van der Waals surface area (Å²) in [4.78, 5) is 13.7. The number of hydrogen-bond donors (Lipinski definition) is 1. The molecule has 7 nitrogen and oxygen atoms in total. The van der Waals surface area contributed by atoms with Crippen LogP contribution in [0.15, 0.2) is 41.5 Å². The van der Waals surface area contributed by atoms with Crippen LogP contribution in [0.1, 0.15) is 43.4 Å². The van der Waals surface area contributed by atoms with E-state index < -0.39 is 5.72 Å². The Hall–Kier alpha value is -2.93. The van der Waals surface area contributed by atoms with Gasteiger partial charge in [0, 0.05) is 55.4 Å². The van der Waals surface area contributed by atoms with E-state index in [1.165, 1.54) is 7.11 Å². The van der Waals surface area contributed by atoms with Crippen LogP contribution in [0.3, 0.4) is 0 Å². The van der Waals surface area contributed by atoms with E-state index in [-0.39, 0.29) is 17.7 Å². The molecule has 3 aliphatic rings. The number of carbonyl (C=O) groups is 1. The van der Waals surface area contributed by atoms with Crippen LogP contribution < -0.4 is 9.47 Å². The number of phenols is 1. The Morgan fingerprint density at radius 2 is 2.03 bits per heavy atom. The van der Waals surface area contributed by atoms with Crippen molar-refractivity contribution in [1.29, 1.82) is 0 Å². The summed E-state index contributed by atoms with van der Waals surface area (Å²) in [6.45, 7) is 2.85. The predicted octanol–water partition coefficient (Wildman–Crippen LogP) is 3.94. The van der Waals surface area contributed by atoms with Crippen LogP contribution in [-0.2, 0) is 4.79 Å². The molecular formula is C23H24ClN3O4. The summed E-state index contributed by atoms with van der Waals surface area (Å²) >= 11 is 6.31. The molecule has 1 fully saturated rings. The van der Waals surface area contributed by atoms with E-state index in [4.69, 9.17) is 26.2 Å². The number of likely N-dealkylation sites (tertiary alicyclic amines) is 1. The maximum atomic E-state index is 11.9. The topological polar surface area (TPSA) is 74.6 Å².